The van der Waals surface area contributed by atoms with Gasteiger partial charge < -0.3 is 4.90 Å². The Morgan fingerprint density at radius 2 is 0.891 bits per heavy atom. The Labute approximate surface area is 375 Å². The first kappa shape index (κ1) is 37.5. The van der Waals surface area contributed by atoms with Gasteiger partial charge in [0, 0.05) is 53.6 Å². The molecule has 0 atom stereocenters. The number of rotatable bonds is 8. The van der Waals surface area contributed by atoms with E-state index >= 15 is 0 Å². The van der Waals surface area contributed by atoms with Crippen molar-refractivity contribution in [1.82, 2.24) is 15.0 Å². The zero-order valence-electron chi connectivity index (χ0n) is 34.6. The monoisotopic (exact) mass is 834 g/mol. The summed E-state index contributed by atoms with van der Waals surface area (Å²) < 4.78 is 2.47. The van der Waals surface area contributed by atoms with Crippen molar-refractivity contribution in [3.63, 3.8) is 0 Å². The van der Waals surface area contributed by atoms with Gasteiger partial charge in [-0.05, 0) is 80.9 Å². The molecule has 64 heavy (non-hydrogen) atoms. The fourth-order valence-electron chi connectivity index (χ4n) is 9.04. The molecule has 0 fully saturated rings. The van der Waals surface area contributed by atoms with Crippen LogP contribution in [0.25, 0.3) is 98.1 Å². The molecule has 5 heteroatoms. The zero-order valence-corrected chi connectivity index (χ0v) is 35.5. The van der Waals surface area contributed by atoms with Crippen LogP contribution in [0.15, 0.2) is 231 Å². The molecule has 0 saturated heterocycles. The maximum atomic E-state index is 5.12. The van der Waals surface area contributed by atoms with Crippen molar-refractivity contribution in [2.75, 3.05) is 4.90 Å². The summed E-state index contributed by atoms with van der Waals surface area (Å²) in [5.74, 6) is 1.93. The minimum atomic E-state index is 0.642. The highest BCUT2D eigenvalue weighted by Crippen LogP contribution is 2.45. The van der Waals surface area contributed by atoms with Gasteiger partial charge >= 0.3 is 0 Å². The molecule has 2 aromatic heterocycles. The van der Waals surface area contributed by atoms with Crippen LogP contribution in [-0.4, -0.2) is 15.0 Å². The fourth-order valence-corrected chi connectivity index (χ4v) is 10.2. The Kier molecular flexibility index (Phi) is 9.32. The van der Waals surface area contributed by atoms with Crippen molar-refractivity contribution < 1.29 is 0 Å². The van der Waals surface area contributed by atoms with Crippen LogP contribution < -0.4 is 4.90 Å². The van der Waals surface area contributed by atoms with Gasteiger partial charge in [-0.25, -0.2) is 15.0 Å². The molecule has 10 aromatic carbocycles. The lowest BCUT2D eigenvalue weighted by Gasteiger charge is -2.27. The molecule has 0 saturated carbocycles. The Hall–Kier alpha value is -8.25. The molecule has 0 aliphatic carbocycles. The lowest BCUT2D eigenvalue weighted by Crippen LogP contribution is -2.10. The van der Waals surface area contributed by atoms with Gasteiger partial charge in [0.2, 0.25) is 0 Å². The quantitative estimate of drug-likeness (QED) is 0.153. The SMILES string of the molecule is c1ccc(-c2nc(-c3ccccc3)nc(-c3ccccc3-c3cccc4sc5cc(-c6cccc(N(c7ccc8ccccc8c7)c7cccc8ccccc78)c6)ccc5c34)n2)cc1. The van der Waals surface area contributed by atoms with Crippen LogP contribution in [0.5, 0.6) is 0 Å². The second kappa shape index (κ2) is 15.9. The largest absolute Gasteiger partial charge is 0.310 e. The highest BCUT2D eigenvalue weighted by Gasteiger charge is 2.20. The Bertz CT molecular complexity index is 3630. The third kappa shape index (κ3) is 6.76. The molecule has 0 aliphatic heterocycles. The number of nitrogens with zero attached hydrogens (tertiary/aromatic N) is 4. The van der Waals surface area contributed by atoms with E-state index in [9.17, 15) is 0 Å². The predicted octanol–water partition coefficient (Wildman–Crippen LogP) is 16.4. The smallest absolute Gasteiger partial charge is 0.164 e. The number of anilines is 3. The molecule has 2 heterocycles. The molecule has 0 unspecified atom stereocenters. The van der Waals surface area contributed by atoms with Gasteiger partial charge in [-0.2, -0.15) is 0 Å². The van der Waals surface area contributed by atoms with Crippen LogP contribution in [0.4, 0.5) is 17.1 Å². The molecular weight excluding hydrogens is 797 g/mol. The van der Waals surface area contributed by atoms with Gasteiger partial charge in [0.25, 0.3) is 0 Å². The minimum absolute atomic E-state index is 0.642. The fraction of sp³-hybridized carbons (Fsp3) is 0. The van der Waals surface area contributed by atoms with Crippen LogP contribution in [0.3, 0.4) is 0 Å². The summed E-state index contributed by atoms with van der Waals surface area (Å²) in [4.78, 5) is 17.6. The molecule has 12 rings (SSSR count). The first-order chi connectivity index (χ1) is 31.7. The Balaban J connectivity index is 0.971. The van der Waals surface area contributed by atoms with Gasteiger partial charge in [0.05, 0.1) is 5.69 Å². The molecule has 12 aromatic rings. The van der Waals surface area contributed by atoms with Crippen LogP contribution in [0.2, 0.25) is 0 Å². The average Bonchev–Trinajstić information content (AvgIpc) is 3.75. The predicted molar refractivity (Wildman–Crippen MR) is 270 cm³/mol. The van der Waals surface area contributed by atoms with Crippen LogP contribution >= 0.6 is 11.3 Å². The van der Waals surface area contributed by atoms with Crippen molar-refractivity contribution in [2.45, 2.75) is 0 Å². The van der Waals surface area contributed by atoms with Crippen molar-refractivity contribution in [3.05, 3.63) is 231 Å². The maximum Gasteiger partial charge on any atom is 0.164 e. The van der Waals surface area contributed by atoms with E-state index in [-0.39, 0.29) is 0 Å². The number of hydrogen-bond donors (Lipinski definition) is 0. The van der Waals surface area contributed by atoms with Gasteiger partial charge in [-0.1, -0.05) is 188 Å². The molecule has 0 bridgehead atoms. The Morgan fingerprint density at radius 1 is 0.312 bits per heavy atom. The first-order valence-corrected chi connectivity index (χ1v) is 22.3. The first-order valence-electron chi connectivity index (χ1n) is 21.5. The summed E-state index contributed by atoms with van der Waals surface area (Å²) in [7, 11) is 0. The molecule has 0 radical (unpaired) electrons. The number of hydrogen-bond acceptors (Lipinski definition) is 5. The molecule has 0 aliphatic rings. The van der Waals surface area contributed by atoms with Crippen molar-refractivity contribution in [1.29, 1.82) is 0 Å². The summed E-state index contributed by atoms with van der Waals surface area (Å²) in [6.07, 6.45) is 0. The third-order valence-corrected chi connectivity index (χ3v) is 13.2. The van der Waals surface area contributed by atoms with E-state index in [1.807, 2.05) is 47.7 Å². The number of fused-ring (bicyclic) bond motifs is 5. The van der Waals surface area contributed by atoms with E-state index in [4.69, 9.17) is 15.0 Å². The maximum absolute atomic E-state index is 5.12. The second-order valence-electron chi connectivity index (χ2n) is 16.0. The Morgan fingerprint density at radius 3 is 1.69 bits per heavy atom. The number of aromatic nitrogens is 3. The summed E-state index contributed by atoms with van der Waals surface area (Å²) in [5, 5.41) is 7.30. The zero-order chi connectivity index (χ0) is 42.4. The average molecular weight is 835 g/mol. The van der Waals surface area contributed by atoms with Crippen molar-refractivity contribution >= 4 is 70.1 Å². The number of benzene rings is 10. The van der Waals surface area contributed by atoms with Gasteiger partial charge in [0.15, 0.2) is 17.5 Å². The van der Waals surface area contributed by atoms with Crippen molar-refractivity contribution in [2.24, 2.45) is 0 Å². The van der Waals surface area contributed by atoms with Crippen LogP contribution in [0.1, 0.15) is 0 Å². The lowest BCUT2D eigenvalue weighted by atomic mass is 9.94. The molecule has 4 nitrogen and oxygen atoms in total. The summed E-state index contributed by atoms with van der Waals surface area (Å²) in [6, 6.07) is 81.9. The van der Waals surface area contributed by atoms with E-state index in [0.717, 1.165) is 50.4 Å². The molecule has 0 spiro atoms. The third-order valence-electron chi connectivity index (χ3n) is 12.1. The highest BCUT2D eigenvalue weighted by atomic mass is 32.1. The normalized spacial score (nSPS) is 11.4. The van der Waals surface area contributed by atoms with Crippen LogP contribution in [0, 0.1) is 0 Å². The molecule has 0 amide bonds. The van der Waals surface area contributed by atoms with Crippen molar-refractivity contribution in [3.8, 4) is 56.4 Å². The van der Waals surface area contributed by atoms with E-state index in [0.29, 0.717) is 17.5 Å². The van der Waals surface area contributed by atoms with Gasteiger partial charge in [-0.3, -0.25) is 0 Å². The summed E-state index contributed by atoms with van der Waals surface area (Å²) in [6.45, 7) is 0. The highest BCUT2D eigenvalue weighted by molar-refractivity contribution is 7.26. The summed E-state index contributed by atoms with van der Waals surface area (Å²) >= 11 is 1.84. The van der Waals surface area contributed by atoms with E-state index in [1.54, 1.807) is 0 Å². The second-order valence-corrected chi connectivity index (χ2v) is 17.1. The van der Waals surface area contributed by atoms with E-state index < -0.39 is 0 Å². The van der Waals surface area contributed by atoms with Gasteiger partial charge in [-0.15, -0.1) is 11.3 Å². The summed E-state index contributed by atoms with van der Waals surface area (Å²) in [5.41, 5.74) is 10.8. The molecule has 0 N–H and O–H groups in total. The minimum Gasteiger partial charge on any atom is -0.310 e. The van der Waals surface area contributed by atoms with E-state index in [2.05, 4.69) is 199 Å². The molecule has 300 valence electrons. The molecular formula is C59H38N4S. The van der Waals surface area contributed by atoms with Gasteiger partial charge in [0.1, 0.15) is 0 Å². The standard InChI is InChI=1S/C59H38N4S/c1-3-18-41(19-4-1)57-60-58(42-20-5-2-6-21-42)62-59(61-57)51-28-12-11-27-49(51)50-29-15-31-54-56(50)52-35-33-45(38-55(52)64-54)44-24-13-25-46(37-44)63(47-34-32-39-16-7-8-22-43(39)36-47)53-30-14-23-40-17-9-10-26-48(40)53/h1-38H. The topological polar surface area (TPSA) is 41.9 Å². The number of thiophene rings is 1. The lowest BCUT2D eigenvalue weighted by molar-refractivity contribution is 1.07. The van der Waals surface area contributed by atoms with Crippen LogP contribution in [-0.2, 0) is 0 Å². The van der Waals surface area contributed by atoms with E-state index in [1.165, 1.54) is 47.3 Å².